The van der Waals surface area contributed by atoms with E-state index in [0.717, 1.165) is 19.5 Å². The van der Waals surface area contributed by atoms with E-state index < -0.39 is 6.04 Å². The molecule has 4 heteroatoms. The average molecular weight is 213 g/mol. The van der Waals surface area contributed by atoms with Crippen molar-refractivity contribution in [2.75, 3.05) is 20.1 Å². The van der Waals surface area contributed by atoms with Crippen molar-refractivity contribution in [3.05, 3.63) is 0 Å². The van der Waals surface area contributed by atoms with Crippen molar-refractivity contribution in [3.8, 4) is 0 Å². The quantitative estimate of drug-likeness (QED) is 0.688. The maximum absolute atomic E-state index is 11.8. The highest BCUT2D eigenvalue weighted by molar-refractivity contribution is 5.82. The predicted octanol–water partition coefficient (Wildman–Crippen LogP) is 0.180. The Hall–Kier alpha value is -0.610. The summed E-state index contributed by atoms with van der Waals surface area (Å²) >= 11 is 0. The van der Waals surface area contributed by atoms with E-state index in [2.05, 4.69) is 17.3 Å². The molecule has 88 valence electrons. The molecule has 2 atom stereocenters. The molecule has 1 saturated heterocycles. The molecule has 0 aliphatic carbocycles. The van der Waals surface area contributed by atoms with Crippen LogP contribution in [0.2, 0.25) is 0 Å². The van der Waals surface area contributed by atoms with E-state index >= 15 is 0 Å². The van der Waals surface area contributed by atoms with Crippen LogP contribution in [0, 0.1) is 5.41 Å². The Morgan fingerprint density at radius 3 is 2.53 bits per heavy atom. The Morgan fingerprint density at radius 1 is 1.53 bits per heavy atom. The SMILES string of the molecule is CN1CCC(NC(=O)[C@@H](N)C(C)(C)C)C1. The third kappa shape index (κ3) is 3.47. The van der Waals surface area contributed by atoms with Gasteiger partial charge in [-0.2, -0.15) is 0 Å². The molecule has 0 bridgehead atoms. The van der Waals surface area contributed by atoms with Crippen molar-refractivity contribution >= 4 is 5.91 Å². The minimum absolute atomic E-state index is 0.0252. The summed E-state index contributed by atoms with van der Waals surface area (Å²) in [4.78, 5) is 14.0. The van der Waals surface area contributed by atoms with E-state index in [-0.39, 0.29) is 17.4 Å². The van der Waals surface area contributed by atoms with Gasteiger partial charge in [-0.05, 0) is 25.4 Å². The average Bonchev–Trinajstić information content (AvgIpc) is 2.48. The van der Waals surface area contributed by atoms with Gasteiger partial charge in [0.15, 0.2) is 0 Å². The molecular weight excluding hydrogens is 190 g/mol. The third-order valence-electron chi connectivity index (χ3n) is 2.95. The van der Waals surface area contributed by atoms with Gasteiger partial charge in [0.05, 0.1) is 6.04 Å². The molecule has 0 aromatic rings. The van der Waals surface area contributed by atoms with Gasteiger partial charge in [0.1, 0.15) is 0 Å². The van der Waals surface area contributed by atoms with Crippen LogP contribution in [0.25, 0.3) is 0 Å². The Balaban J connectivity index is 2.42. The van der Waals surface area contributed by atoms with Crippen molar-refractivity contribution in [2.45, 2.75) is 39.3 Å². The molecule has 0 saturated carbocycles. The molecule has 0 aromatic carbocycles. The fourth-order valence-corrected chi connectivity index (χ4v) is 1.74. The van der Waals surface area contributed by atoms with Crippen molar-refractivity contribution < 1.29 is 4.79 Å². The number of likely N-dealkylation sites (N-methyl/N-ethyl adjacent to an activating group) is 1. The van der Waals surface area contributed by atoms with E-state index in [1.807, 2.05) is 20.8 Å². The van der Waals surface area contributed by atoms with E-state index in [1.165, 1.54) is 0 Å². The Bertz CT molecular complexity index is 234. The van der Waals surface area contributed by atoms with E-state index in [9.17, 15) is 4.79 Å². The van der Waals surface area contributed by atoms with Crippen LogP contribution in [0.1, 0.15) is 27.2 Å². The number of hydrogen-bond acceptors (Lipinski definition) is 3. The van der Waals surface area contributed by atoms with Gasteiger partial charge in [-0.3, -0.25) is 4.79 Å². The number of hydrogen-bond donors (Lipinski definition) is 2. The van der Waals surface area contributed by atoms with Crippen LogP contribution < -0.4 is 11.1 Å². The number of nitrogens with one attached hydrogen (secondary N) is 1. The number of amides is 1. The second-order valence-corrected chi connectivity index (χ2v) is 5.60. The predicted molar refractivity (Wildman–Crippen MR) is 61.5 cm³/mol. The second kappa shape index (κ2) is 4.49. The minimum Gasteiger partial charge on any atom is -0.351 e. The smallest absolute Gasteiger partial charge is 0.237 e. The molecule has 3 N–H and O–H groups in total. The Morgan fingerprint density at radius 2 is 2.13 bits per heavy atom. The summed E-state index contributed by atoms with van der Waals surface area (Å²) in [5.74, 6) is -0.0252. The van der Waals surface area contributed by atoms with Crippen molar-refractivity contribution in [1.82, 2.24) is 10.2 Å². The number of carbonyl (C=O) groups is 1. The molecule has 1 aliphatic heterocycles. The monoisotopic (exact) mass is 213 g/mol. The van der Waals surface area contributed by atoms with Crippen molar-refractivity contribution in [2.24, 2.45) is 11.1 Å². The number of nitrogens with zero attached hydrogens (tertiary/aromatic N) is 1. The van der Waals surface area contributed by atoms with E-state index in [0.29, 0.717) is 0 Å². The van der Waals surface area contributed by atoms with Crippen LogP contribution >= 0.6 is 0 Å². The molecule has 4 nitrogen and oxygen atoms in total. The zero-order valence-corrected chi connectivity index (χ0v) is 10.2. The zero-order valence-electron chi connectivity index (χ0n) is 10.2. The summed E-state index contributed by atoms with van der Waals surface area (Å²) in [7, 11) is 2.07. The van der Waals surface area contributed by atoms with Gasteiger partial charge in [-0.15, -0.1) is 0 Å². The lowest BCUT2D eigenvalue weighted by Gasteiger charge is -2.27. The summed E-state index contributed by atoms with van der Waals surface area (Å²) in [6.07, 6.45) is 1.03. The van der Waals surface area contributed by atoms with E-state index in [4.69, 9.17) is 5.73 Å². The molecule has 1 aliphatic rings. The molecular formula is C11H23N3O. The van der Waals surface area contributed by atoms with Crippen LogP contribution in [-0.4, -0.2) is 43.0 Å². The largest absolute Gasteiger partial charge is 0.351 e. The summed E-state index contributed by atoms with van der Waals surface area (Å²) in [5.41, 5.74) is 5.71. The van der Waals surface area contributed by atoms with E-state index in [1.54, 1.807) is 0 Å². The van der Waals surface area contributed by atoms with Crippen LogP contribution in [-0.2, 0) is 4.79 Å². The standard InChI is InChI=1S/C11H23N3O/c1-11(2,3)9(12)10(15)13-8-5-6-14(4)7-8/h8-9H,5-7,12H2,1-4H3,(H,13,15)/t8?,9-/m1/s1. The summed E-state index contributed by atoms with van der Waals surface area (Å²) in [6, 6.07) is -0.153. The van der Waals surface area contributed by atoms with Gasteiger partial charge in [0.2, 0.25) is 5.91 Å². The molecule has 0 spiro atoms. The molecule has 0 aromatic heterocycles. The van der Waals surface area contributed by atoms with Gasteiger partial charge >= 0.3 is 0 Å². The highest BCUT2D eigenvalue weighted by Crippen LogP contribution is 2.17. The number of carbonyl (C=O) groups excluding carboxylic acids is 1. The summed E-state index contributed by atoms with van der Waals surface area (Å²) < 4.78 is 0. The lowest BCUT2D eigenvalue weighted by molar-refractivity contribution is -0.125. The van der Waals surface area contributed by atoms with Gasteiger partial charge in [-0.1, -0.05) is 20.8 Å². The molecule has 1 amide bonds. The first-order chi connectivity index (χ1) is 6.80. The maximum Gasteiger partial charge on any atom is 0.237 e. The lowest BCUT2D eigenvalue weighted by atomic mass is 9.87. The zero-order chi connectivity index (χ0) is 11.6. The normalized spacial score (nSPS) is 25.3. The lowest BCUT2D eigenvalue weighted by Crippen LogP contribution is -2.51. The summed E-state index contributed by atoms with van der Waals surface area (Å²) in [6.45, 7) is 7.94. The topological polar surface area (TPSA) is 58.4 Å². The van der Waals surface area contributed by atoms with Gasteiger partial charge in [0.25, 0.3) is 0 Å². The first-order valence-corrected chi connectivity index (χ1v) is 5.55. The first kappa shape index (κ1) is 12.5. The van der Waals surface area contributed by atoms with Gasteiger partial charge in [0, 0.05) is 12.6 Å². The van der Waals surface area contributed by atoms with Gasteiger partial charge in [-0.25, -0.2) is 0 Å². The highest BCUT2D eigenvalue weighted by Gasteiger charge is 2.30. The summed E-state index contributed by atoms with van der Waals surface area (Å²) in [5, 5.41) is 3.01. The van der Waals surface area contributed by atoms with Crippen LogP contribution in [0.4, 0.5) is 0 Å². The molecule has 1 unspecified atom stereocenters. The third-order valence-corrected chi connectivity index (χ3v) is 2.95. The minimum atomic E-state index is -0.427. The Kier molecular flexibility index (Phi) is 3.73. The maximum atomic E-state index is 11.8. The van der Waals surface area contributed by atoms with Crippen LogP contribution in [0.5, 0.6) is 0 Å². The first-order valence-electron chi connectivity index (χ1n) is 5.55. The molecule has 1 rings (SSSR count). The van der Waals surface area contributed by atoms with Crippen LogP contribution in [0.15, 0.2) is 0 Å². The second-order valence-electron chi connectivity index (χ2n) is 5.60. The Labute approximate surface area is 92.2 Å². The number of likely N-dealkylation sites (tertiary alicyclic amines) is 1. The molecule has 1 heterocycles. The fraction of sp³-hybridized carbons (Fsp3) is 0.909. The van der Waals surface area contributed by atoms with Crippen molar-refractivity contribution in [3.63, 3.8) is 0 Å². The molecule has 15 heavy (non-hydrogen) atoms. The highest BCUT2D eigenvalue weighted by atomic mass is 16.2. The van der Waals surface area contributed by atoms with Crippen molar-refractivity contribution in [1.29, 1.82) is 0 Å². The van der Waals surface area contributed by atoms with Crippen LogP contribution in [0.3, 0.4) is 0 Å². The molecule has 0 radical (unpaired) electrons. The fourth-order valence-electron chi connectivity index (χ4n) is 1.74. The number of rotatable bonds is 2. The number of nitrogens with two attached hydrogens (primary N) is 1. The van der Waals surface area contributed by atoms with Gasteiger partial charge < -0.3 is 16.0 Å². The molecule has 1 fully saturated rings.